The Hall–Kier alpha value is -2.71. The number of para-hydroxylation sites is 2. The number of hydrogen-bond acceptors (Lipinski definition) is 4. The lowest BCUT2D eigenvalue weighted by molar-refractivity contribution is 0.0696. The normalized spacial score (nSPS) is 15.9. The van der Waals surface area contributed by atoms with Crippen LogP contribution in [-0.4, -0.2) is 46.7 Å². The van der Waals surface area contributed by atoms with E-state index in [0.717, 1.165) is 24.6 Å². The van der Waals surface area contributed by atoms with Crippen molar-refractivity contribution in [3.8, 4) is 5.69 Å². The number of piperidine rings is 1. The van der Waals surface area contributed by atoms with Crippen molar-refractivity contribution in [2.75, 3.05) is 13.1 Å². The van der Waals surface area contributed by atoms with Crippen molar-refractivity contribution < 1.29 is 18.3 Å². The minimum absolute atomic E-state index is 0.0295. The summed E-state index contributed by atoms with van der Waals surface area (Å²) in [5, 5.41) is 14.8. The predicted molar refractivity (Wildman–Crippen MR) is 101 cm³/mol. The zero-order chi connectivity index (χ0) is 19.0. The van der Waals surface area contributed by atoms with Gasteiger partial charge in [-0.05, 0) is 31.0 Å². The number of carbonyl (C=O) groups is 1. The van der Waals surface area contributed by atoms with Crippen LogP contribution < -0.4 is 0 Å². The quantitative estimate of drug-likeness (QED) is 0.745. The Balaban J connectivity index is 1.99. The van der Waals surface area contributed by atoms with Crippen molar-refractivity contribution in [3.63, 3.8) is 0 Å². The monoisotopic (exact) mass is 385 g/mol. The molecule has 0 spiro atoms. The number of aromatic carboxylic acids is 1. The minimum Gasteiger partial charge on any atom is -0.478 e. The number of fused-ring (bicyclic) bond motifs is 1. The molecule has 1 aromatic heterocycles. The van der Waals surface area contributed by atoms with E-state index in [1.807, 2.05) is 18.2 Å². The average Bonchev–Trinajstić information content (AvgIpc) is 3.12. The summed E-state index contributed by atoms with van der Waals surface area (Å²) in [4.78, 5) is 11.8. The summed E-state index contributed by atoms with van der Waals surface area (Å²) in [6, 6.07) is 11.6. The third kappa shape index (κ3) is 3.00. The topological polar surface area (TPSA) is 92.5 Å². The molecule has 1 aliphatic heterocycles. The second-order valence-electron chi connectivity index (χ2n) is 6.54. The van der Waals surface area contributed by atoms with Crippen molar-refractivity contribution in [2.45, 2.75) is 24.2 Å². The molecule has 3 aromatic rings. The van der Waals surface area contributed by atoms with Gasteiger partial charge in [0.05, 0.1) is 23.0 Å². The van der Waals surface area contributed by atoms with E-state index in [1.54, 1.807) is 12.3 Å². The van der Waals surface area contributed by atoms with Crippen molar-refractivity contribution in [1.29, 1.82) is 0 Å². The van der Waals surface area contributed by atoms with E-state index in [2.05, 4.69) is 5.10 Å². The van der Waals surface area contributed by atoms with E-state index >= 15 is 0 Å². The number of benzene rings is 2. The molecule has 0 aliphatic carbocycles. The minimum atomic E-state index is -3.83. The highest BCUT2D eigenvalue weighted by Gasteiger charge is 2.31. The first-order chi connectivity index (χ1) is 13.0. The maximum Gasteiger partial charge on any atom is 0.337 e. The van der Waals surface area contributed by atoms with Crippen molar-refractivity contribution in [3.05, 3.63) is 54.2 Å². The van der Waals surface area contributed by atoms with Gasteiger partial charge in [0, 0.05) is 18.5 Å². The molecule has 0 atom stereocenters. The Morgan fingerprint density at radius 3 is 2.48 bits per heavy atom. The van der Waals surface area contributed by atoms with Crippen LogP contribution in [0.2, 0.25) is 0 Å². The number of aromatic nitrogens is 2. The molecule has 140 valence electrons. The van der Waals surface area contributed by atoms with Gasteiger partial charge in [0.2, 0.25) is 10.0 Å². The molecule has 1 aliphatic rings. The molecule has 2 heterocycles. The molecule has 7 nitrogen and oxygen atoms in total. The molecule has 0 amide bonds. The van der Waals surface area contributed by atoms with Gasteiger partial charge in [-0.3, -0.25) is 0 Å². The van der Waals surface area contributed by atoms with Crippen molar-refractivity contribution in [1.82, 2.24) is 14.1 Å². The Morgan fingerprint density at radius 1 is 1.00 bits per heavy atom. The highest BCUT2D eigenvalue weighted by Crippen LogP contribution is 2.30. The third-order valence-corrected chi connectivity index (χ3v) is 6.78. The van der Waals surface area contributed by atoms with Crippen LogP contribution in [0.1, 0.15) is 29.6 Å². The van der Waals surface area contributed by atoms with E-state index < -0.39 is 16.0 Å². The summed E-state index contributed by atoms with van der Waals surface area (Å²) in [5.74, 6) is -1.19. The number of sulfonamides is 1. The lowest BCUT2D eigenvalue weighted by atomic mass is 10.1. The van der Waals surface area contributed by atoms with E-state index in [0.29, 0.717) is 18.6 Å². The van der Waals surface area contributed by atoms with E-state index in [-0.39, 0.29) is 16.1 Å². The molecular weight excluding hydrogens is 366 g/mol. The first kappa shape index (κ1) is 17.7. The predicted octanol–water partition coefficient (Wildman–Crippen LogP) is 2.90. The van der Waals surface area contributed by atoms with Gasteiger partial charge in [0.15, 0.2) is 0 Å². The largest absolute Gasteiger partial charge is 0.478 e. The number of nitrogens with zero attached hydrogens (tertiary/aromatic N) is 3. The fraction of sp³-hybridized carbons (Fsp3) is 0.263. The summed E-state index contributed by atoms with van der Waals surface area (Å²) in [5.41, 5.74) is 0.639. The van der Waals surface area contributed by atoms with Crippen LogP contribution in [0.25, 0.3) is 16.6 Å². The lowest BCUT2D eigenvalue weighted by Crippen LogP contribution is -2.36. The Labute approximate surface area is 156 Å². The molecule has 0 radical (unpaired) electrons. The first-order valence-corrected chi connectivity index (χ1v) is 10.2. The first-order valence-electron chi connectivity index (χ1n) is 8.80. The second-order valence-corrected chi connectivity index (χ2v) is 8.44. The van der Waals surface area contributed by atoms with Gasteiger partial charge in [-0.15, -0.1) is 0 Å². The van der Waals surface area contributed by atoms with Crippen LogP contribution in [0.15, 0.2) is 53.6 Å². The molecule has 0 saturated carbocycles. The van der Waals surface area contributed by atoms with Crippen molar-refractivity contribution in [2.24, 2.45) is 0 Å². The summed E-state index contributed by atoms with van der Waals surface area (Å²) in [6.07, 6.45) is 4.21. The highest BCUT2D eigenvalue weighted by molar-refractivity contribution is 7.89. The maximum atomic E-state index is 13.3. The molecular formula is C19H19N3O4S. The van der Waals surface area contributed by atoms with Gasteiger partial charge < -0.3 is 5.11 Å². The standard InChI is InChI=1S/C19H19N3O4S/c23-19(24)15-8-6-10-17(27(25,26)21-11-4-1-5-12-21)18(15)22-16-9-3-2-7-14(16)13-20-22/h2-3,6-10,13H,1,4-5,11-12H2,(H,23,24). The highest BCUT2D eigenvalue weighted by atomic mass is 32.2. The van der Waals surface area contributed by atoms with E-state index in [9.17, 15) is 18.3 Å². The van der Waals surface area contributed by atoms with E-state index in [1.165, 1.54) is 27.2 Å². The van der Waals surface area contributed by atoms with Gasteiger partial charge in [0.1, 0.15) is 4.90 Å². The van der Waals surface area contributed by atoms with Crippen LogP contribution in [0, 0.1) is 0 Å². The van der Waals surface area contributed by atoms with Crippen LogP contribution in [0.3, 0.4) is 0 Å². The summed E-state index contributed by atoms with van der Waals surface area (Å²) in [7, 11) is -3.83. The molecule has 4 rings (SSSR count). The molecule has 1 saturated heterocycles. The van der Waals surface area contributed by atoms with Crippen LogP contribution in [0.5, 0.6) is 0 Å². The van der Waals surface area contributed by atoms with Crippen LogP contribution in [0.4, 0.5) is 0 Å². The van der Waals surface area contributed by atoms with Crippen LogP contribution in [-0.2, 0) is 10.0 Å². The fourth-order valence-corrected chi connectivity index (χ4v) is 5.22. The van der Waals surface area contributed by atoms with Crippen LogP contribution >= 0.6 is 0 Å². The smallest absolute Gasteiger partial charge is 0.337 e. The Morgan fingerprint density at radius 2 is 1.74 bits per heavy atom. The van der Waals surface area contributed by atoms with Gasteiger partial charge in [-0.2, -0.15) is 9.40 Å². The molecule has 2 aromatic carbocycles. The molecule has 8 heteroatoms. The molecule has 1 fully saturated rings. The van der Waals surface area contributed by atoms with Gasteiger partial charge in [-0.1, -0.05) is 30.7 Å². The van der Waals surface area contributed by atoms with E-state index in [4.69, 9.17) is 0 Å². The molecule has 1 N–H and O–H groups in total. The van der Waals surface area contributed by atoms with Crippen molar-refractivity contribution >= 4 is 26.9 Å². The third-order valence-electron chi connectivity index (χ3n) is 4.85. The summed E-state index contributed by atoms with van der Waals surface area (Å²) < 4.78 is 29.5. The SMILES string of the molecule is O=C(O)c1cccc(S(=O)(=O)N2CCCCC2)c1-n1ncc2ccccc21. The zero-order valence-electron chi connectivity index (χ0n) is 14.6. The fourth-order valence-electron chi connectivity index (χ4n) is 3.52. The van der Waals surface area contributed by atoms with Gasteiger partial charge in [-0.25, -0.2) is 17.9 Å². The van der Waals surface area contributed by atoms with Gasteiger partial charge >= 0.3 is 5.97 Å². The zero-order valence-corrected chi connectivity index (χ0v) is 15.4. The maximum absolute atomic E-state index is 13.3. The number of carboxylic acid groups (broad SMARTS) is 1. The second kappa shape index (κ2) is 6.79. The summed E-state index contributed by atoms with van der Waals surface area (Å²) in [6.45, 7) is 0.887. The molecule has 0 unspecified atom stereocenters. The Bertz CT molecular complexity index is 1110. The molecule has 27 heavy (non-hydrogen) atoms. The Kier molecular flexibility index (Phi) is 4.45. The lowest BCUT2D eigenvalue weighted by Gasteiger charge is -2.27. The number of rotatable bonds is 4. The van der Waals surface area contributed by atoms with Gasteiger partial charge in [0.25, 0.3) is 0 Å². The number of carboxylic acids is 1. The summed E-state index contributed by atoms with van der Waals surface area (Å²) >= 11 is 0. The number of hydrogen-bond donors (Lipinski definition) is 1. The molecule has 0 bridgehead atoms. The average molecular weight is 385 g/mol.